The summed E-state index contributed by atoms with van der Waals surface area (Å²) in [5, 5.41) is 7.05. The molecule has 1 amide bonds. The predicted octanol–water partition coefficient (Wildman–Crippen LogP) is 4.94. The number of carbonyl (C=O) groups excluding carboxylic acids is 1. The first-order valence-electron chi connectivity index (χ1n) is 7.48. The summed E-state index contributed by atoms with van der Waals surface area (Å²) >= 11 is 11.7. The molecule has 0 radical (unpaired) electrons. The van der Waals surface area contributed by atoms with Gasteiger partial charge in [0.05, 0.1) is 27.8 Å². The van der Waals surface area contributed by atoms with Crippen LogP contribution in [0.15, 0.2) is 48.5 Å². The van der Waals surface area contributed by atoms with Crippen LogP contribution in [0.4, 0.5) is 10.2 Å². The highest BCUT2D eigenvalue weighted by Gasteiger charge is 2.16. The second-order valence-corrected chi connectivity index (χ2v) is 6.33. The minimum absolute atomic E-state index is 0.00804. The zero-order valence-electron chi connectivity index (χ0n) is 13.3. The van der Waals surface area contributed by atoms with Crippen LogP contribution in [0.3, 0.4) is 0 Å². The Hall–Kier alpha value is -2.37. The highest BCUT2D eigenvalue weighted by molar-refractivity contribution is 6.37. The number of amides is 1. The molecule has 0 fully saturated rings. The minimum Gasteiger partial charge on any atom is -0.307 e. The van der Waals surface area contributed by atoms with Gasteiger partial charge in [0, 0.05) is 6.07 Å². The van der Waals surface area contributed by atoms with E-state index < -0.39 is 11.7 Å². The van der Waals surface area contributed by atoms with Crippen molar-refractivity contribution >= 4 is 34.9 Å². The lowest BCUT2D eigenvalue weighted by atomic mass is 10.2. The first-order chi connectivity index (χ1) is 11.9. The molecule has 0 saturated carbocycles. The van der Waals surface area contributed by atoms with Crippen molar-refractivity contribution in [3.05, 3.63) is 81.2 Å². The van der Waals surface area contributed by atoms with Crippen molar-refractivity contribution in [3.8, 4) is 0 Å². The quantitative estimate of drug-likeness (QED) is 0.654. The van der Waals surface area contributed by atoms with Gasteiger partial charge in [0.15, 0.2) is 0 Å². The van der Waals surface area contributed by atoms with E-state index in [1.54, 1.807) is 10.7 Å². The van der Waals surface area contributed by atoms with Gasteiger partial charge in [0.2, 0.25) is 0 Å². The van der Waals surface area contributed by atoms with E-state index in [1.807, 2.05) is 37.3 Å². The van der Waals surface area contributed by atoms with Crippen LogP contribution in [0.2, 0.25) is 10.0 Å². The van der Waals surface area contributed by atoms with E-state index in [2.05, 4.69) is 10.4 Å². The molecule has 1 N–H and O–H groups in total. The van der Waals surface area contributed by atoms with Crippen molar-refractivity contribution in [2.75, 3.05) is 5.32 Å². The smallest absolute Gasteiger partial charge is 0.258 e. The Balaban J connectivity index is 1.86. The maximum atomic E-state index is 13.6. The largest absolute Gasteiger partial charge is 0.307 e. The summed E-state index contributed by atoms with van der Waals surface area (Å²) in [6.07, 6.45) is 0. The predicted molar refractivity (Wildman–Crippen MR) is 96.9 cm³/mol. The molecule has 0 aliphatic rings. The Kier molecular flexibility index (Phi) is 5.06. The van der Waals surface area contributed by atoms with E-state index in [9.17, 15) is 9.18 Å². The number of nitrogens with one attached hydrogen (secondary N) is 1. The summed E-state index contributed by atoms with van der Waals surface area (Å²) in [5.41, 5.74) is 1.80. The van der Waals surface area contributed by atoms with E-state index in [0.29, 0.717) is 12.4 Å². The van der Waals surface area contributed by atoms with Crippen molar-refractivity contribution < 1.29 is 9.18 Å². The van der Waals surface area contributed by atoms with Crippen molar-refractivity contribution in [3.63, 3.8) is 0 Å². The molecule has 0 spiro atoms. The third kappa shape index (κ3) is 4.00. The lowest BCUT2D eigenvalue weighted by Gasteiger charge is -2.10. The summed E-state index contributed by atoms with van der Waals surface area (Å²) in [7, 11) is 0. The third-order valence-corrected chi connectivity index (χ3v) is 4.18. The number of aryl methyl sites for hydroxylation is 1. The van der Waals surface area contributed by atoms with Crippen LogP contribution in [-0.4, -0.2) is 15.7 Å². The normalized spacial score (nSPS) is 10.7. The van der Waals surface area contributed by atoms with Crippen LogP contribution in [0.25, 0.3) is 0 Å². The molecule has 0 unspecified atom stereocenters. The highest BCUT2D eigenvalue weighted by Crippen LogP contribution is 2.25. The van der Waals surface area contributed by atoms with E-state index in [1.165, 1.54) is 6.07 Å². The Morgan fingerprint density at radius 1 is 1.16 bits per heavy atom. The van der Waals surface area contributed by atoms with Crippen LogP contribution in [0.5, 0.6) is 0 Å². The van der Waals surface area contributed by atoms with Gasteiger partial charge in [-0.1, -0.05) is 53.5 Å². The number of hydrogen-bond donors (Lipinski definition) is 1. The topological polar surface area (TPSA) is 46.9 Å². The third-order valence-electron chi connectivity index (χ3n) is 3.57. The second kappa shape index (κ2) is 7.25. The van der Waals surface area contributed by atoms with E-state index >= 15 is 0 Å². The molecule has 25 heavy (non-hydrogen) atoms. The van der Waals surface area contributed by atoms with Gasteiger partial charge in [-0.15, -0.1) is 0 Å². The van der Waals surface area contributed by atoms with E-state index in [0.717, 1.165) is 17.3 Å². The molecule has 7 heteroatoms. The molecule has 0 aliphatic heterocycles. The lowest BCUT2D eigenvalue weighted by molar-refractivity contribution is 0.102. The highest BCUT2D eigenvalue weighted by atomic mass is 35.5. The van der Waals surface area contributed by atoms with Crippen LogP contribution in [0, 0.1) is 12.7 Å². The number of halogens is 3. The SMILES string of the molecule is Cc1cc(NC(=O)c2cc(F)c(Cl)cc2Cl)n(Cc2ccccc2)n1. The van der Waals surface area contributed by atoms with Gasteiger partial charge in [-0.25, -0.2) is 9.07 Å². The van der Waals surface area contributed by atoms with E-state index in [4.69, 9.17) is 23.2 Å². The first kappa shape index (κ1) is 17.5. The molecule has 0 saturated heterocycles. The maximum absolute atomic E-state index is 13.6. The van der Waals surface area contributed by atoms with Crippen LogP contribution in [-0.2, 0) is 6.54 Å². The number of rotatable bonds is 4. The molecule has 3 rings (SSSR count). The van der Waals surface area contributed by atoms with E-state index in [-0.39, 0.29) is 15.6 Å². The molecule has 0 atom stereocenters. The van der Waals surface area contributed by atoms with Gasteiger partial charge in [0.25, 0.3) is 5.91 Å². The zero-order chi connectivity index (χ0) is 18.0. The second-order valence-electron chi connectivity index (χ2n) is 5.51. The fourth-order valence-corrected chi connectivity index (χ4v) is 2.87. The average Bonchev–Trinajstić information content (AvgIpc) is 2.91. The van der Waals surface area contributed by atoms with Crippen molar-refractivity contribution in [2.45, 2.75) is 13.5 Å². The Morgan fingerprint density at radius 2 is 1.88 bits per heavy atom. The van der Waals surface area contributed by atoms with Gasteiger partial charge in [-0.3, -0.25) is 4.79 Å². The summed E-state index contributed by atoms with van der Waals surface area (Å²) in [4.78, 5) is 12.5. The summed E-state index contributed by atoms with van der Waals surface area (Å²) in [6, 6.07) is 13.7. The van der Waals surface area contributed by atoms with Gasteiger partial charge >= 0.3 is 0 Å². The standard InChI is InChI=1S/C18H14Cl2FN3O/c1-11-7-17(24(23-11)10-12-5-3-2-4-6-12)22-18(25)13-8-16(21)15(20)9-14(13)19/h2-9H,10H2,1H3,(H,22,25). The van der Waals surface area contributed by atoms with Gasteiger partial charge in [0.1, 0.15) is 11.6 Å². The number of aromatic nitrogens is 2. The van der Waals surface area contributed by atoms with Crippen LogP contribution in [0.1, 0.15) is 21.6 Å². The first-order valence-corrected chi connectivity index (χ1v) is 8.24. The fourth-order valence-electron chi connectivity index (χ4n) is 2.40. The van der Waals surface area contributed by atoms with Crippen molar-refractivity contribution in [2.24, 2.45) is 0 Å². The van der Waals surface area contributed by atoms with Gasteiger partial charge in [-0.05, 0) is 24.6 Å². The maximum Gasteiger partial charge on any atom is 0.258 e. The number of carbonyl (C=O) groups is 1. The van der Waals surface area contributed by atoms with Crippen LogP contribution >= 0.6 is 23.2 Å². The molecule has 1 aromatic heterocycles. The summed E-state index contributed by atoms with van der Waals surface area (Å²) < 4.78 is 15.3. The monoisotopic (exact) mass is 377 g/mol. The molecular weight excluding hydrogens is 364 g/mol. The Morgan fingerprint density at radius 3 is 2.60 bits per heavy atom. The average molecular weight is 378 g/mol. The van der Waals surface area contributed by atoms with Crippen molar-refractivity contribution in [1.29, 1.82) is 0 Å². The zero-order valence-corrected chi connectivity index (χ0v) is 14.8. The minimum atomic E-state index is -0.704. The molecule has 2 aromatic carbocycles. The molecule has 0 bridgehead atoms. The van der Waals surface area contributed by atoms with Crippen LogP contribution < -0.4 is 5.32 Å². The molecule has 128 valence electrons. The molecule has 3 aromatic rings. The molecular formula is C18H14Cl2FN3O. The van der Waals surface area contributed by atoms with Gasteiger partial charge in [-0.2, -0.15) is 5.10 Å². The lowest BCUT2D eigenvalue weighted by Crippen LogP contribution is -2.17. The molecule has 1 heterocycles. The number of anilines is 1. The number of benzene rings is 2. The summed E-state index contributed by atoms with van der Waals surface area (Å²) in [6.45, 7) is 2.32. The van der Waals surface area contributed by atoms with Gasteiger partial charge < -0.3 is 5.32 Å². The van der Waals surface area contributed by atoms with Crippen molar-refractivity contribution in [1.82, 2.24) is 9.78 Å². The summed E-state index contributed by atoms with van der Waals surface area (Å²) in [5.74, 6) is -0.738. The molecule has 4 nitrogen and oxygen atoms in total. The number of hydrogen-bond acceptors (Lipinski definition) is 2. The molecule has 0 aliphatic carbocycles. The Labute approximate surface area is 154 Å². The fraction of sp³-hybridized carbons (Fsp3) is 0.111. The number of nitrogens with zero attached hydrogens (tertiary/aromatic N) is 2. The Bertz CT molecular complexity index is 926.